The number of nitrogens with one attached hydrogen (secondary N) is 1. The SMILES string of the molecule is CC(=O)N1CCC=C(c2cc(-c3ccc(N4CCN(CCCc5c(F)ccc6c5n(C)c(=O)n6C5CCC(=O)NC5=O)CC4)cc3OC(F)F)c3oc(C(=O)N(C)C)cc3c2F)C1. The fourth-order valence-electron chi connectivity index (χ4n) is 8.97. The molecule has 18 heteroatoms. The van der Waals surface area contributed by atoms with Gasteiger partial charge in [-0.3, -0.25) is 38.5 Å². The average molecular weight is 874 g/mol. The molecule has 332 valence electrons. The number of hydrogen-bond acceptors (Lipinski definition) is 9. The van der Waals surface area contributed by atoms with Gasteiger partial charge in [-0.05, 0) is 68.1 Å². The van der Waals surface area contributed by atoms with Crippen molar-refractivity contribution in [2.75, 3.05) is 64.8 Å². The lowest BCUT2D eigenvalue weighted by Gasteiger charge is -2.36. The van der Waals surface area contributed by atoms with Gasteiger partial charge in [0.05, 0.1) is 16.4 Å². The molecule has 8 rings (SSSR count). The predicted molar refractivity (Wildman–Crippen MR) is 227 cm³/mol. The molecule has 0 bridgehead atoms. The van der Waals surface area contributed by atoms with E-state index in [1.165, 1.54) is 72.4 Å². The van der Waals surface area contributed by atoms with Crippen molar-refractivity contribution < 1.29 is 45.9 Å². The summed E-state index contributed by atoms with van der Waals surface area (Å²) in [6, 6.07) is 9.57. The lowest BCUT2D eigenvalue weighted by Crippen LogP contribution is -2.46. The third-order valence-corrected chi connectivity index (χ3v) is 12.2. The van der Waals surface area contributed by atoms with Crippen molar-refractivity contribution in [3.05, 3.63) is 87.5 Å². The van der Waals surface area contributed by atoms with Crippen molar-refractivity contribution in [1.82, 2.24) is 29.2 Å². The molecular weight excluding hydrogens is 827 g/mol. The van der Waals surface area contributed by atoms with E-state index in [9.17, 15) is 32.8 Å². The first kappa shape index (κ1) is 43.2. The highest BCUT2D eigenvalue weighted by molar-refractivity contribution is 6.03. The summed E-state index contributed by atoms with van der Waals surface area (Å²) in [5, 5.41) is 2.26. The van der Waals surface area contributed by atoms with Crippen LogP contribution in [-0.2, 0) is 27.9 Å². The van der Waals surface area contributed by atoms with E-state index >= 15 is 8.78 Å². The first-order valence-corrected chi connectivity index (χ1v) is 20.8. The number of carbonyl (C=O) groups excluding carboxylic acids is 4. The molecule has 14 nitrogen and oxygen atoms in total. The fourth-order valence-corrected chi connectivity index (χ4v) is 8.97. The Hall–Kier alpha value is -6.43. The van der Waals surface area contributed by atoms with Gasteiger partial charge in [0, 0.05) is 114 Å². The smallest absolute Gasteiger partial charge is 0.387 e. The van der Waals surface area contributed by atoms with Crippen LogP contribution in [0.25, 0.3) is 38.7 Å². The molecule has 3 aliphatic heterocycles. The lowest BCUT2D eigenvalue weighted by molar-refractivity contribution is -0.135. The summed E-state index contributed by atoms with van der Waals surface area (Å²) in [7, 11) is 4.59. The van der Waals surface area contributed by atoms with E-state index in [1.54, 1.807) is 17.0 Å². The number of furan rings is 1. The largest absolute Gasteiger partial charge is 0.450 e. The monoisotopic (exact) mass is 873 g/mol. The molecule has 1 N–H and O–H groups in total. The van der Waals surface area contributed by atoms with E-state index in [0.717, 1.165) is 0 Å². The standard InChI is InChI=1S/C45H47F4N7O7/c1-25(57)55-16-5-7-26(24-55)30-22-31(41-32(39(30)47)23-37(62-41)43(60)51(2)3)28-10-9-27(21-36(28)63-44(48)49)54-19-17-53(18-20-54)15-6-8-29-33(46)11-12-34-40(29)52(4)45(61)56(34)35-13-14-38(58)50-42(35)59/h7,9-12,21-23,35,44H,5-6,8,13-20,24H2,1-4H3,(H,50,58,59). The zero-order chi connectivity index (χ0) is 44.9. The number of aromatic nitrogens is 2. The van der Waals surface area contributed by atoms with Crippen molar-refractivity contribution >= 4 is 56.9 Å². The van der Waals surface area contributed by atoms with Crippen LogP contribution in [0.2, 0.25) is 0 Å². The van der Waals surface area contributed by atoms with Gasteiger partial charge in [0.1, 0.15) is 29.0 Å². The number of imide groups is 1. The Labute approximate surface area is 359 Å². The van der Waals surface area contributed by atoms with Crippen LogP contribution in [0.1, 0.15) is 60.3 Å². The Balaban J connectivity index is 1.02. The number of ether oxygens (including phenoxy) is 1. The van der Waals surface area contributed by atoms with Crippen LogP contribution in [0, 0.1) is 11.6 Å². The molecule has 1 unspecified atom stereocenters. The maximum atomic E-state index is 16.4. The average Bonchev–Trinajstić information content (AvgIpc) is 3.81. The molecule has 5 heterocycles. The van der Waals surface area contributed by atoms with Gasteiger partial charge < -0.3 is 23.9 Å². The van der Waals surface area contributed by atoms with Gasteiger partial charge in [-0.1, -0.05) is 6.08 Å². The molecule has 0 radical (unpaired) electrons. The summed E-state index contributed by atoms with van der Waals surface area (Å²) < 4.78 is 73.8. The summed E-state index contributed by atoms with van der Waals surface area (Å²) in [6.45, 7) is 1.71. The number of imidazole rings is 1. The summed E-state index contributed by atoms with van der Waals surface area (Å²) in [4.78, 5) is 70.2. The van der Waals surface area contributed by atoms with Gasteiger partial charge in [0.2, 0.25) is 17.7 Å². The number of halogens is 4. The Bertz CT molecular complexity index is 2750. The van der Waals surface area contributed by atoms with Gasteiger partial charge in [0.15, 0.2) is 5.76 Å². The van der Waals surface area contributed by atoms with Crippen molar-refractivity contribution in [2.24, 2.45) is 7.05 Å². The van der Waals surface area contributed by atoms with Crippen LogP contribution in [0.4, 0.5) is 23.2 Å². The second kappa shape index (κ2) is 17.4. The number of rotatable bonds is 11. The fraction of sp³-hybridized carbons (Fsp3) is 0.400. The molecule has 0 aliphatic carbocycles. The Morgan fingerprint density at radius 3 is 2.43 bits per heavy atom. The molecule has 63 heavy (non-hydrogen) atoms. The van der Waals surface area contributed by atoms with Crippen LogP contribution < -0.4 is 20.6 Å². The van der Waals surface area contributed by atoms with Gasteiger partial charge >= 0.3 is 12.3 Å². The number of piperidine rings is 1. The number of carbonyl (C=O) groups is 4. The van der Waals surface area contributed by atoms with Gasteiger partial charge in [-0.15, -0.1) is 0 Å². The number of hydrogen-bond donors (Lipinski definition) is 1. The van der Waals surface area contributed by atoms with E-state index in [2.05, 4.69) is 10.2 Å². The highest BCUT2D eigenvalue weighted by Crippen LogP contribution is 2.43. The molecule has 5 aromatic rings. The summed E-state index contributed by atoms with van der Waals surface area (Å²) >= 11 is 0. The molecule has 2 saturated heterocycles. The number of alkyl halides is 2. The predicted octanol–water partition coefficient (Wildman–Crippen LogP) is 5.70. The van der Waals surface area contributed by atoms with Crippen molar-refractivity contribution in [2.45, 2.75) is 51.7 Å². The van der Waals surface area contributed by atoms with Crippen LogP contribution in [0.3, 0.4) is 0 Å². The minimum absolute atomic E-state index is 0.0213. The number of amides is 4. The quantitative estimate of drug-likeness (QED) is 0.131. The molecule has 3 aromatic carbocycles. The minimum atomic E-state index is -3.20. The number of benzene rings is 3. The molecule has 1 atom stereocenters. The van der Waals surface area contributed by atoms with E-state index < -0.39 is 47.7 Å². The molecule has 4 amide bonds. The van der Waals surface area contributed by atoms with Gasteiger partial charge in [-0.2, -0.15) is 8.78 Å². The summed E-state index contributed by atoms with van der Waals surface area (Å²) in [6.07, 6.45) is 3.45. The van der Waals surface area contributed by atoms with Crippen molar-refractivity contribution in [3.8, 4) is 16.9 Å². The first-order chi connectivity index (χ1) is 30.1. The second-order valence-corrected chi connectivity index (χ2v) is 16.4. The first-order valence-electron chi connectivity index (χ1n) is 20.8. The number of piperazine rings is 1. The van der Waals surface area contributed by atoms with E-state index in [4.69, 9.17) is 9.15 Å². The highest BCUT2D eigenvalue weighted by Gasteiger charge is 2.33. The third-order valence-electron chi connectivity index (χ3n) is 12.2. The molecule has 2 aromatic heterocycles. The van der Waals surface area contributed by atoms with Gasteiger partial charge in [0.25, 0.3) is 5.91 Å². The zero-order valence-corrected chi connectivity index (χ0v) is 35.3. The zero-order valence-electron chi connectivity index (χ0n) is 35.3. The molecule has 0 saturated carbocycles. The third kappa shape index (κ3) is 8.31. The second-order valence-electron chi connectivity index (χ2n) is 16.4. The van der Waals surface area contributed by atoms with Crippen molar-refractivity contribution in [1.29, 1.82) is 0 Å². The molecule has 3 aliphatic rings. The molecule has 2 fully saturated rings. The van der Waals surface area contributed by atoms with Gasteiger partial charge in [-0.25, -0.2) is 13.6 Å². The maximum Gasteiger partial charge on any atom is 0.387 e. The number of aryl methyl sites for hydroxylation is 2. The van der Waals surface area contributed by atoms with Crippen LogP contribution in [-0.4, -0.2) is 114 Å². The van der Waals surface area contributed by atoms with E-state index in [1.807, 2.05) is 11.0 Å². The molecular formula is C45H47F4N7O7. The minimum Gasteiger partial charge on any atom is -0.450 e. The Morgan fingerprint density at radius 2 is 1.73 bits per heavy atom. The lowest BCUT2D eigenvalue weighted by atomic mass is 9.93. The number of nitrogens with zero attached hydrogens (tertiary/aromatic N) is 6. The van der Waals surface area contributed by atoms with E-state index in [0.29, 0.717) is 86.4 Å². The van der Waals surface area contributed by atoms with Crippen LogP contribution in [0.15, 0.2) is 57.8 Å². The normalized spacial score (nSPS) is 17.5. The van der Waals surface area contributed by atoms with E-state index in [-0.39, 0.29) is 64.5 Å². The molecule has 0 spiro atoms. The van der Waals surface area contributed by atoms with Crippen molar-refractivity contribution in [3.63, 3.8) is 0 Å². The summed E-state index contributed by atoms with van der Waals surface area (Å²) in [5.74, 6) is -3.12. The topological polar surface area (TPSA) is 143 Å². The number of anilines is 1. The number of fused-ring (bicyclic) bond motifs is 2. The van der Waals surface area contributed by atoms with Crippen LogP contribution in [0.5, 0.6) is 5.75 Å². The summed E-state index contributed by atoms with van der Waals surface area (Å²) in [5.41, 5.74) is 2.38. The Kier molecular flexibility index (Phi) is 11.9. The maximum absolute atomic E-state index is 16.4. The Morgan fingerprint density at radius 1 is 0.968 bits per heavy atom. The van der Waals surface area contributed by atoms with Crippen LogP contribution >= 0.6 is 0 Å². The highest BCUT2D eigenvalue weighted by atomic mass is 19.3.